The van der Waals surface area contributed by atoms with Crippen molar-refractivity contribution >= 4 is 52.5 Å². The van der Waals surface area contributed by atoms with Crippen LogP contribution < -0.4 is 10.1 Å². The monoisotopic (exact) mass is 470 g/mol. The van der Waals surface area contributed by atoms with Crippen LogP contribution in [-0.4, -0.2) is 5.91 Å². The van der Waals surface area contributed by atoms with Gasteiger partial charge in [0.15, 0.2) is 5.75 Å². The normalized spacial score (nSPS) is 11.0. The van der Waals surface area contributed by atoms with E-state index in [1.165, 1.54) is 6.08 Å². The number of hydrogen-bond acceptors (Lipinski definition) is 3. The van der Waals surface area contributed by atoms with Crippen molar-refractivity contribution in [2.45, 2.75) is 13.5 Å². The average molecular weight is 472 g/mol. The highest BCUT2D eigenvalue weighted by atomic mass is 35.5. The molecule has 0 unspecified atom stereocenters. The second-order valence-corrected chi connectivity index (χ2v) is 7.91. The van der Waals surface area contributed by atoms with Crippen LogP contribution >= 0.6 is 34.8 Å². The molecule has 0 bridgehead atoms. The molecule has 0 saturated carbocycles. The molecule has 156 valence electrons. The lowest BCUT2D eigenvalue weighted by molar-refractivity contribution is -0.112. The van der Waals surface area contributed by atoms with Crippen LogP contribution in [0.25, 0.3) is 6.08 Å². The van der Waals surface area contributed by atoms with Gasteiger partial charge in [-0.3, -0.25) is 4.79 Å². The highest BCUT2D eigenvalue weighted by Gasteiger charge is 2.14. The van der Waals surface area contributed by atoms with Crippen LogP contribution in [0.1, 0.15) is 16.7 Å². The maximum atomic E-state index is 12.5. The Morgan fingerprint density at radius 3 is 2.39 bits per heavy atom. The largest absolute Gasteiger partial charge is 0.486 e. The van der Waals surface area contributed by atoms with Crippen molar-refractivity contribution in [3.05, 3.63) is 98.0 Å². The maximum Gasteiger partial charge on any atom is 0.266 e. The van der Waals surface area contributed by atoms with Crippen molar-refractivity contribution in [2.24, 2.45) is 0 Å². The Bertz CT molecular complexity index is 1180. The number of rotatable bonds is 6. The fraction of sp³-hybridized carbons (Fsp3) is 0.0833. The second kappa shape index (κ2) is 10.4. The average Bonchev–Trinajstić information content (AvgIpc) is 2.72. The first-order valence-electron chi connectivity index (χ1n) is 9.22. The summed E-state index contributed by atoms with van der Waals surface area (Å²) in [5.74, 6) is -0.234. The number of benzene rings is 3. The van der Waals surface area contributed by atoms with E-state index >= 15 is 0 Å². The number of ether oxygens (including phenoxy) is 1. The van der Waals surface area contributed by atoms with E-state index in [1.807, 2.05) is 49.4 Å². The number of carbonyl (C=O) groups is 1. The molecule has 7 heteroatoms. The molecule has 4 nitrogen and oxygen atoms in total. The van der Waals surface area contributed by atoms with Gasteiger partial charge in [0.1, 0.15) is 18.2 Å². The van der Waals surface area contributed by atoms with E-state index in [0.29, 0.717) is 22.0 Å². The standard InChI is InChI=1S/C24H17Cl3N2O2/c1-15-5-4-7-19(9-15)29-24(30)18(13-28)10-16-11-21(26)23(22(27)12-16)31-14-17-6-2-3-8-20(17)25/h2-12H,14H2,1H3,(H,29,30)/b18-10-. The van der Waals surface area contributed by atoms with Crippen LogP contribution in [0.2, 0.25) is 15.1 Å². The highest BCUT2D eigenvalue weighted by Crippen LogP contribution is 2.36. The Morgan fingerprint density at radius 1 is 1.03 bits per heavy atom. The fourth-order valence-electron chi connectivity index (χ4n) is 2.80. The molecule has 1 N–H and O–H groups in total. The summed E-state index contributed by atoms with van der Waals surface area (Å²) in [5, 5.41) is 13.2. The van der Waals surface area contributed by atoms with Crippen LogP contribution in [0, 0.1) is 18.3 Å². The molecule has 0 saturated heterocycles. The topological polar surface area (TPSA) is 62.1 Å². The summed E-state index contributed by atoms with van der Waals surface area (Å²) in [6, 6.07) is 19.6. The van der Waals surface area contributed by atoms with Crippen LogP contribution in [0.5, 0.6) is 5.75 Å². The first-order chi connectivity index (χ1) is 14.9. The molecule has 0 radical (unpaired) electrons. The van der Waals surface area contributed by atoms with Crippen molar-refractivity contribution < 1.29 is 9.53 Å². The molecular weight excluding hydrogens is 455 g/mol. The third kappa shape index (κ3) is 6.02. The lowest BCUT2D eigenvalue weighted by Gasteiger charge is -2.12. The van der Waals surface area contributed by atoms with Gasteiger partial charge in [-0.25, -0.2) is 0 Å². The SMILES string of the molecule is Cc1cccc(NC(=O)/C(C#N)=C\c2cc(Cl)c(OCc3ccccc3Cl)c(Cl)c2)c1. The minimum Gasteiger partial charge on any atom is -0.486 e. The Labute approximate surface area is 195 Å². The molecule has 3 aromatic carbocycles. The first kappa shape index (κ1) is 22.7. The highest BCUT2D eigenvalue weighted by molar-refractivity contribution is 6.37. The van der Waals surface area contributed by atoms with Crippen molar-refractivity contribution in [2.75, 3.05) is 5.32 Å². The van der Waals surface area contributed by atoms with Crippen molar-refractivity contribution in [1.82, 2.24) is 0 Å². The minimum atomic E-state index is -0.528. The smallest absolute Gasteiger partial charge is 0.266 e. The molecule has 0 aliphatic carbocycles. The number of nitriles is 1. The number of hydrogen-bond donors (Lipinski definition) is 1. The zero-order chi connectivity index (χ0) is 22.4. The summed E-state index contributed by atoms with van der Waals surface area (Å²) < 4.78 is 5.75. The minimum absolute atomic E-state index is 0.0848. The van der Waals surface area contributed by atoms with Gasteiger partial charge >= 0.3 is 0 Å². The van der Waals surface area contributed by atoms with Crippen molar-refractivity contribution in [1.29, 1.82) is 5.26 Å². The van der Waals surface area contributed by atoms with E-state index in [2.05, 4.69) is 5.32 Å². The van der Waals surface area contributed by atoms with Gasteiger partial charge in [-0.2, -0.15) is 5.26 Å². The lowest BCUT2D eigenvalue weighted by Crippen LogP contribution is -2.13. The third-order valence-corrected chi connectivity index (χ3v) is 5.23. The van der Waals surface area contributed by atoms with Crippen molar-refractivity contribution in [3.63, 3.8) is 0 Å². The summed E-state index contributed by atoms with van der Waals surface area (Å²) in [6.07, 6.45) is 1.42. The zero-order valence-electron chi connectivity index (χ0n) is 16.5. The molecule has 3 rings (SSSR count). The number of nitrogens with zero attached hydrogens (tertiary/aromatic N) is 1. The van der Waals surface area contributed by atoms with E-state index in [-0.39, 0.29) is 22.2 Å². The van der Waals surface area contributed by atoms with Gasteiger partial charge in [-0.1, -0.05) is 65.1 Å². The fourth-order valence-corrected chi connectivity index (χ4v) is 3.61. The predicted molar refractivity (Wildman–Crippen MR) is 126 cm³/mol. The van der Waals surface area contributed by atoms with Gasteiger partial charge in [0.25, 0.3) is 5.91 Å². The van der Waals surface area contributed by atoms with Crippen LogP contribution in [-0.2, 0) is 11.4 Å². The molecule has 0 aliphatic rings. The second-order valence-electron chi connectivity index (χ2n) is 6.69. The van der Waals surface area contributed by atoms with Gasteiger partial charge < -0.3 is 10.1 Å². The van der Waals surface area contributed by atoms with Gasteiger partial charge in [-0.05, 0) is 54.5 Å². The molecule has 3 aromatic rings. The summed E-state index contributed by atoms with van der Waals surface area (Å²) >= 11 is 18.8. The van der Waals surface area contributed by atoms with E-state index in [1.54, 1.807) is 24.3 Å². The first-order valence-corrected chi connectivity index (χ1v) is 10.4. The lowest BCUT2D eigenvalue weighted by atomic mass is 10.1. The van der Waals surface area contributed by atoms with E-state index in [0.717, 1.165) is 11.1 Å². The zero-order valence-corrected chi connectivity index (χ0v) is 18.7. The summed E-state index contributed by atoms with van der Waals surface area (Å²) in [5.41, 5.74) is 2.80. The number of halogens is 3. The summed E-state index contributed by atoms with van der Waals surface area (Å²) in [4.78, 5) is 12.5. The molecule has 1 amide bonds. The number of aryl methyl sites for hydroxylation is 1. The summed E-state index contributed by atoms with van der Waals surface area (Å²) in [7, 11) is 0. The number of anilines is 1. The van der Waals surface area contributed by atoms with Gasteiger partial charge in [-0.15, -0.1) is 0 Å². The maximum absolute atomic E-state index is 12.5. The van der Waals surface area contributed by atoms with E-state index in [4.69, 9.17) is 39.5 Å². The number of nitrogens with one attached hydrogen (secondary N) is 1. The van der Waals surface area contributed by atoms with Gasteiger partial charge in [0.2, 0.25) is 0 Å². The van der Waals surface area contributed by atoms with Gasteiger partial charge in [0, 0.05) is 16.3 Å². The molecule has 0 fully saturated rings. The molecule has 31 heavy (non-hydrogen) atoms. The quantitative estimate of drug-likeness (QED) is 0.308. The molecule has 0 atom stereocenters. The summed E-state index contributed by atoms with van der Waals surface area (Å²) in [6.45, 7) is 2.10. The van der Waals surface area contributed by atoms with Gasteiger partial charge in [0.05, 0.1) is 10.0 Å². The van der Waals surface area contributed by atoms with Crippen LogP contribution in [0.3, 0.4) is 0 Å². The molecule has 0 spiro atoms. The molecular formula is C24H17Cl3N2O2. The Hall–Kier alpha value is -2.97. The molecule has 0 heterocycles. The van der Waals surface area contributed by atoms with E-state index < -0.39 is 5.91 Å². The van der Waals surface area contributed by atoms with Crippen LogP contribution in [0.4, 0.5) is 5.69 Å². The third-order valence-electron chi connectivity index (χ3n) is 4.30. The Balaban J connectivity index is 1.78. The number of amides is 1. The number of carbonyl (C=O) groups excluding carboxylic acids is 1. The Kier molecular flexibility index (Phi) is 7.59. The van der Waals surface area contributed by atoms with Crippen LogP contribution in [0.15, 0.2) is 66.2 Å². The van der Waals surface area contributed by atoms with E-state index in [9.17, 15) is 10.1 Å². The molecule has 0 aromatic heterocycles. The van der Waals surface area contributed by atoms with Crippen molar-refractivity contribution in [3.8, 4) is 11.8 Å². The molecule has 0 aliphatic heterocycles. The Morgan fingerprint density at radius 2 is 1.74 bits per heavy atom. The predicted octanol–water partition coefficient (Wildman–Crippen LogP) is 7.08.